The molecule has 1 aromatic rings. The third-order valence-corrected chi connectivity index (χ3v) is 2.29. The minimum absolute atomic E-state index is 0.688. The van der Waals surface area contributed by atoms with Crippen LogP contribution in [-0.4, -0.2) is 8.42 Å². The van der Waals surface area contributed by atoms with Gasteiger partial charge >= 0.3 is 10.1 Å². The Kier molecular flexibility index (Phi) is 2.58. The van der Waals surface area contributed by atoms with Crippen molar-refractivity contribution >= 4 is 10.1 Å². The highest BCUT2D eigenvalue weighted by atomic mass is 32.2. The van der Waals surface area contributed by atoms with Crippen LogP contribution in [0, 0.1) is 11.6 Å². The Balaban J connectivity index is 3.40. The maximum absolute atomic E-state index is 12.7. The zero-order valence-electron chi connectivity index (χ0n) is 6.00. The number of benzene rings is 1. The van der Waals surface area contributed by atoms with Gasteiger partial charge in [0.05, 0.1) is 0 Å². The smallest absolute Gasteiger partial charge is 0.204 e. The molecule has 0 fully saturated rings. The van der Waals surface area contributed by atoms with Crippen LogP contribution in [0.2, 0.25) is 0 Å². The molecule has 3 nitrogen and oxygen atoms in total. The SMILES string of the molecule is O=S(=O)(OF)c1cccc(F)c1F. The maximum atomic E-state index is 12.7. The van der Waals surface area contributed by atoms with E-state index in [2.05, 4.69) is 4.39 Å². The molecule has 0 amide bonds. The Morgan fingerprint density at radius 1 is 1.23 bits per heavy atom. The van der Waals surface area contributed by atoms with Gasteiger partial charge in [0.15, 0.2) is 11.6 Å². The molecule has 0 bridgehead atoms. The molecule has 1 aromatic carbocycles. The van der Waals surface area contributed by atoms with E-state index in [-0.39, 0.29) is 0 Å². The lowest BCUT2D eigenvalue weighted by atomic mass is 10.3. The fourth-order valence-electron chi connectivity index (χ4n) is 0.711. The fourth-order valence-corrected chi connectivity index (χ4v) is 1.34. The summed E-state index contributed by atoms with van der Waals surface area (Å²) in [5.74, 6) is -3.06. The van der Waals surface area contributed by atoms with Gasteiger partial charge in [-0.3, -0.25) is 0 Å². The van der Waals surface area contributed by atoms with E-state index in [1.54, 1.807) is 0 Å². The number of hydrogen-bond acceptors (Lipinski definition) is 3. The van der Waals surface area contributed by atoms with Gasteiger partial charge in [-0.2, -0.15) is 8.42 Å². The summed E-state index contributed by atoms with van der Waals surface area (Å²) in [6, 6.07) is 2.31. The van der Waals surface area contributed by atoms with Gasteiger partial charge < -0.3 is 0 Å². The maximum Gasteiger partial charge on any atom is 0.330 e. The molecule has 0 aliphatic carbocycles. The molecule has 0 radical (unpaired) electrons. The molecule has 1 rings (SSSR count). The second-order valence-electron chi connectivity index (χ2n) is 2.07. The molecule has 0 spiro atoms. The lowest BCUT2D eigenvalue weighted by Crippen LogP contribution is -2.04. The molecular weight excluding hydrogens is 209 g/mol. The molecule has 0 aromatic heterocycles. The Morgan fingerprint density at radius 2 is 1.85 bits per heavy atom. The van der Waals surface area contributed by atoms with Crippen LogP contribution in [0.5, 0.6) is 0 Å². The molecule has 7 heteroatoms. The van der Waals surface area contributed by atoms with Gasteiger partial charge in [0.1, 0.15) is 4.90 Å². The van der Waals surface area contributed by atoms with E-state index >= 15 is 0 Å². The molecule has 0 N–H and O–H groups in total. The van der Waals surface area contributed by atoms with Gasteiger partial charge in [0.25, 0.3) is 0 Å². The number of rotatable bonds is 2. The number of halogens is 3. The van der Waals surface area contributed by atoms with E-state index in [4.69, 9.17) is 0 Å². The Labute approximate surface area is 71.8 Å². The van der Waals surface area contributed by atoms with Crippen LogP contribution in [0.25, 0.3) is 0 Å². The highest BCUT2D eigenvalue weighted by Crippen LogP contribution is 2.18. The molecule has 0 heterocycles. The summed E-state index contributed by atoms with van der Waals surface area (Å²) in [6.07, 6.45) is 0. The van der Waals surface area contributed by atoms with E-state index in [9.17, 15) is 21.7 Å². The van der Waals surface area contributed by atoms with Crippen LogP contribution in [0.3, 0.4) is 0 Å². The van der Waals surface area contributed by atoms with Gasteiger partial charge in [-0.05, 0) is 16.7 Å². The third-order valence-electron chi connectivity index (χ3n) is 1.27. The average molecular weight is 212 g/mol. The second-order valence-corrected chi connectivity index (χ2v) is 3.54. The summed E-state index contributed by atoms with van der Waals surface area (Å²) >= 11 is 0. The van der Waals surface area contributed by atoms with Crippen LogP contribution in [0.1, 0.15) is 0 Å². The third kappa shape index (κ3) is 1.81. The summed E-state index contributed by atoms with van der Waals surface area (Å²) in [6.45, 7) is 0. The summed E-state index contributed by atoms with van der Waals surface area (Å²) in [7, 11) is -4.83. The topological polar surface area (TPSA) is 43.4 Å². The van der Waals surface area contributed by atoms with Gasteiger partial charge in [0.2, 0.25) is 0 Å². The van der Waals surface area contributed by atoms with Crippen LogP contribution in [0.4, 0.5) is 13.3 Å². The highest BCUT2D eigenvalue weighted by molar-refractivity contribution is 7.86. The van der Waals surface area contributed by atoms with Crippen molar-refractivity contribution in [3.05, 3.63) is 29.8 Å². The van der Waals surface area contributed by atoms with E-state index in [1.165, 1.54) is 0 Å². The summed E-state index contributed by atoms with van der Waals surface area (Å²) in [5, 5.41) is 0. The zero-order chi connectivity index (χ0) is 10.1. The van der Waals surface area contributed by atoms with Crippen molar-refractivity contribution in [2.75, 3.05) is 0 Å². The lowest BCUT2D eigenvalue weighted by molar-refractivity contribution is 0.00246. The number of hydrogen-bond donors (Lipinski definition) is 0. The fraction of sp³-hybridized carbons (Fsp3) is 0. The summed E-state index contributed by atoms with van der Waals surface area (Å²) in [4.78, 5) is -1.17. The first-order valence-electron chi connectivity index (χ1n) is 2.98. The first-order valence-corrected chi connectivity index (χ1v) is 4.39. The van der Waals surface area contributed by atoms with Crippen molar-refractivity contribution < 1.29 is 26.1 Å². The first-order chi connectivity index (χ1) is 5.99. The largest absolute Gasteiger partial charge is 0.330 e. The van der Waals surface area contributed by atoms with Gasteiger partial charge in [-0.15, -0.1) is 0 Å². The highest BCUT2D eigenvalue weighted by Gasteiger charge is 2.22. The second kappa shape index (κ2) is 3.35. The van der Waals surface area contributed by atoms with Crippen LogP contribution >= 0.6 is 0 Å². The summed E-state index contributed by atoms with van der Waals surface area (Å²) in [5.41, 5.74) is 0. The van der Waals surface area contributed by atoms with Crippen LogP contribution in [-0.2, 0) is 14.5 Å². The normalized spacial score (nSPS) is 11.6. The van der Waals surface area contributed by atoms with Crippen molar-refractivity contribution in [1.29, 1.82) is 0 Å². The van der Waals surface area contributed by atoms with Crippen molar-refractivity contribution in [2.45, 2.75) is 4.90 Å². The van der Waals surface area contributed by atoms with Crippen molar-refractivity contribution in [3.8, 4) is 0 Å². The standard InChI is InChI=1S/C6H3F3O3S/c7-4-2-1-3-5(6(4)8)13(10,11)12-9/h1-3H. The van der Waals surface area contributed by atoms with Crippen molar-refractivity contribution in [3.63, 3.8) is 0 Å². The van der Waals surface area contributed by atoms with E-state index in [0.29, 0.717) is 12.1 Å². The Morgan fingerprint density at radius 3 is 2.38 bits per heavy atom. The zero-order valence-corrected chi connectivity index (χ0v) is 6.82. The monoisotopic (exact) mass is 212 g/mol. The molecule has 0 saturated carbocycles. The predicted octanol–water partition coefficient (Wildman–Crippen LogP) is 1.55. The minimum atomic E-state index is -4.83. The molecular formula is C6H3F3O3S. The van der Waals surface area contributed by atoms with Gasteiger partial charge in [0, 0.05) is 0 Å². The Hall–Kier alpha value is -1.08. The predicted molar refractivity (Wildman–Crippen MR) is 35.7 cm³/mol. The van der Waals surface area contributed by atoms with Gasteiger partial charge in [-0.1, -0.05) is 10.5 Å². The lowest BCUT2D eigenvalue weighted by Gasteiger charge is -1.99. The van der Waals surface area contributed by atoms with Gasteiger partial charge in [-0.25, -0.2) is 8.78 Å². The molecule has 72 valence electrons. The molecule has 0 atom stereocenters. The quantitative estimate of drug-likeness (QED) is 0.747. The van der Waals surface area contributed by atoms with Crippen molar-refractivity contribution in [1.82, 2.24) is 0 Å². The molecule has 0 saturated heterocycles. The van der Waals surface area contributed by atoms with Crippen LogP contribution in [0.15, 0.2) is 23.1 Å². The van der Waals surface area contributed by atoms with E-state index in [1.807, 2.05) is 0 Å². The molecule has 0 aliphatic heterocycles. The average Bonchev–Trinajstić information content (AvgIpc) is 2.09. The molecule has 13 heavy (non-hydrogen) atoms. The van der Waals surface area contributed by atoms with E-state index in [0.717, 1.165) is 6.07 Å². The van der Waals surface area contributed by atoms with E-state index < -0.39 is 26.6 Å². The Bertz CT molecular complexity index is 415. The molecule has 0 aliphatic rings. The first kappa shape index (κ1) is 10.0. The van der Waals surface area contributed by atoms with Crippen LogP contribution < -0.4 is 0 Å². The minimum Gasteiger partial charge on any atom is -0.204 e. The summed E-state index contributed by atoms with van der Waals surface area (Å²) < 4.78 is 60.2. The molecule has 0 unspecified atom stereocenters. The van der Waals surface area contributed by atoms with Crippen molar-refractivity contribution in [2.24, 2.45) is 0 Å².